The average molecular weight is 444 g/mol. The number of hydrogen-bond donors (Lipinski definition) is 2. The summed E-state index contributed by atoms with van der Waals surface area (Å²) in [6.07, 6.45) is 0.653. The van der Waals surface area contributed by atoms with E-state index in [4.69, 9.17) is 4.52 Å². The van der Waals surface area contributed by atoms with Crippen LogP contribution in [0.5, 0.6) is 0 Å². The van der Waals surface area contributed by atoms with E-state index in [9.17, 15) is 14.4 Å². The number of benzene rings is 2. The third-order valence-electron chi connectivity index (χ3n) is 5.69. The normalized spacial score (nSPS) is 20.5. The third kappa shape index (κ3) is 3.65. The van der Waals surface area contributed by atoms with Gasteiger partial charge >= 0.3 is 6.03 Å². The maximum Gasteiger partial charge on any atom is 0.322 e. The predicted molar refractivity (Wildman–Crippen MR) is 118 cm³/mol. The summed E-state index contributed by atoms with van der Waals surface area (Å²) in [5.74, 6) is -0.0154. The Bertz CT molecular complexity index is 1330. The maximum atomic E-state index is 12.4. The molecular formula is C23H20N6O4. The van der Waals surface area contributed by atoms with Gasteiger partial charge in [-0.3, -0.25) is 14.9 Å². The lowest BCUT2D eigenvalue weighted by molar-refractivity contribution is -0.123. The van der Waals surface area contributed by atoms with Crippen LogP contribution in [0.15, 0.2) is 58.2 Å². The number of anilines is 1. The maximum absolute atomic E-state index is 12.4. The van der Waals surface area contributed by atoms with E-state index in [1.54, 1.807) is 31.2 Å². The van der Waals surface area contributed by atoms with Crippen LogP contribution < -0.4 is 15.6 Å². The van der Waals surface area contributed by atoms with E-state index in [1.807, 2.05) is 31.2 Å². The SMILES string of the molecule is Cc1cccc(N2N=C(c3nc(-c4cccc(C5(C)NC(=O)NC5=O)c4)no3)CCC2=O)c1. The summed E-state index contributed by atoms with van der Waals surface area (Å²) in [7, 11) is 0. The number of hydrogen-bond acceptors (Lipinski definition) is 7. The highest BCUT2D eigenvalue weighted by Crippen LogP contribution is 2.28. The molecule has 2 aliphatic heterocycles. The number of nitrogens with zero attached hydrogens (tertiary/aromatic N) is 4. The summed E-state index contributed by atoms with van der Waals surface area (Å²) in [4.78, 5) is 40.8. The van der Waals surface area contributed by atoms with Crippen molar-refractivity contribution >= 4 is 29.2 Å². The summed E-state index contributed by atoms with van der Waals surface area (Å²) in [6.45, 7) is 3.57. The number of aryl methyl sites for hydroxylation is 1. The second-order valence-electron chi connectivity index (χ2n) is 8.13. The third-order valence-corrected chi connectivity index (χ3v) is 5.69. The lowest BCUT2D eigenvalue weighted by Gasteiger charge is -2.22. The smallest absolute Gasteiger partial charge is 0.322 e. The second-order valence-corrected chi connectivity index (χ2v) is 8.13. The molecule has 0 radical (unpaired) electrons. The summed E-state index contributed by atoms with van der Waals surface area (Å²) in [6, 6.07) is 14.0. The lowest BCUT2D eigenvalue weighted by atomic mass is 9.91. The molecule has 10 heteroatoms. The molecule has 4 amide bonds. The monoisotopic (exact) mass is 444 g/mol. The zero-order valence-electron chi connectivity index (χ0n) is 18.0. The Kier molecular flexibility index (Phi) is 4.77. The molecule has 1 unspecified atom stereocenters. The van der Waals surface area contributed by atoms with Gasteiger partial charge in [0.25, 0.3) is 11.8 Å². The molecular weight excluding hydrogens is 424 g/mol. The van der Waals surface area contributed by atoms with E-state index in [1.165, 1.54) is 5.01 Å². The average Bonchev–Trinajstić information content (AvgIpc) is 3.39. The Hall–Kier alpha value is -4.34. The summed E-state index contributed by atoms with van der Waals surface area (Å²) in [5.41, 5.74) is 2.21. The molecule has 0 spiro atoms. The van der Waals surface area contributed by atoms with Crippen LogP contribution >= 0.6 is 0 Å². The first kappa shape index (κ1) is 20.6. The fraction of sp³-hybridized carbons (Fsp3) is 0.217. The van der Waals surface area contributed by atoms with Crippen LogP contribution in [0.25, 0.3) is 11.4 Å². The highest BCUT2D eigenvalue weighted by atomic mass is 16.5. The van der Waals surface area contributed by atoms with Gasteiger partial charge in [-0.25, -0.2) is 9.80 Å². The number of imide groups is 1. The largest absolute Gasteiger partial charge is 0.332 e. The number of hydrazone groups is 1. The molecule has 5 rings (SSSR count). The van der Waals surface area contributed by atoms with Crippen molar-refractivity contribution in [2.75, 3.05) is 5.01 Å². The first-order valence-electron chi connectivity index (χ1n) is 10.4. The fourth-order valence-electron chi connectivity index (χ4n) is 3.84. The van der Waals surface area contributed by atoms with E-state index in [2.05, 4.69) is 25.9 Å². The number of aromatic nitrogens is 2. The number of nitrogens with one attached hydrogen (secondary N) is 2. The Morgan fingerprint density at radius 3 is 2.64 bits per heavy atom. The Morgan fingerprint density at radius 2 is 1.88 bits per heavy atom. The van der Waals surface area contributed by atoms with Crippen LogP contribution in [-0.2, 0) is 15.1 Å². The van der Waals surface area contributed by atoms with Crippen molar-refractivity contribution in [1.29, 1.82) is 0 Å². The van der Waals surface area contributed by atoms with Crippen molar-refractivity contribution in [2.45, 2.75) is 32.2 Å². The molecule has 1 saturated heterocycles. The molecule has 1 atom stereocenters. The Balaban J connectivity index is 1.45. The van der Waals surface area contributed by atoms with Crippen LogP contribution in [0.2, 0.25) is 0 Å². The van der Waals surface area contributed by atoms with Crippen molar-refractivity contribution in [1.82, 2.24) is 20.8 Å². The van der Waals surface area contributed by atoms with Gasteiger partial charge < -0.3 is 9.84 Å². The first-order chi connectivity index (χ1) is 15.8. The molecule has 0 bridgehead atoms. The van der Waals surface area contributed by atoms with Gasteiger partial charge in [0.15, 0.2) is 0 Å². The quantitative estimate of drug-likeness (QED) is 0.595. The molecule has 2 aliphatic rings. The minimum Gasteiger partial charge on any atom is -0.332 e. The van der Waals surface area contributed by atoms with Crippen molar-refractivity contribution in [3.05, 3.63) is 65.5 Å². The highest BCUT2D eigenvalue weighted by Gasteiger charge is 2.43. The molecule has 33 heavy (non-hydrogen) atoms. The van der Waals surface area contributed by atoms with Gasteiger partial charge in [-0.1, -0.05) is 35.5 Å². The van der Waals surface area contributed by atoms with E-state index in [-0.39, 0.29) is 18.2 Å². The highest BCUT2D eigenvalue weighted by molar-refractivity contribution is 6.08. The van der Waals surface area contributed by atoms with Crippen LogP contribution in [-0.4, -0.2) is 33.7 Å². The molecule has 166 valence electrons. The van der Waals surface area contributed by atoms with Gasteiger partial charge in [0.1, 0.15) is 11.3 Å². The molecule has 1 fully saturated rings. The zero-order chi connectivity index (χ0) is 23.2. The zero-order valence-corrected chi connectivity index (χ0v) is 18.0. The number of carbonyl (C=O) groups excluding carboxylic acids is 3. The van der Waals surface area contributed by atoms with Crippen molar-refractivity contribution in [3.63, 3.8) is 0 Å². The molecule has 2 N–H and O–H groups in total. The van der Waals surface area contributed by atoms with E-state index in [0.717, 1.165) is 5.56 Å². The standard InChI is InChI=1S/C23H20N6O4/c1-13-5-3-8-16(11-13)29-18(30)10-9-17(27-29)20-24-19(28-33-20)14-6-4-7-15(12-14)23(2)21(31)25-22(32)26-23/h3-8,11-12H,9-10H2,1-2H3,(H2,25,26,31,32). The number of urea groups is 1. The van der Waals surface area contributed by atoms with Crippen LogP contribution in [0.3, 0.4) is 0 Å². The number of rotatable bonds is 4. The second kappa shape index (κ2) is 7.66. The molecule has 0 saturated carbocycles. The van der Waals surface area contributed by atoms with E-state index < -0.39 is 17.5 Å². The van der Waals surface area contributed by atoms with Gasteiger partial charge in [0, 0.05) is 18.4 Å². The van der Waals surface area contributed by atoms with Crippen LogP contribution in [0, 0.1) is 6.92 Å². The summed E-state index contributed by atoms with van der Waals surface area (Å²) in [5, 5.41) is 14.8. The Morgan fingerprint density at radius 1 is 1.06 bits per heavy atom. The molecule has 3 aromatic rings. The number of amides is 4. The predicted octanol–water partition coefficient (Wildman–Crippen LogP) is 2.63. The van der Waals surface area contributed by atoms with Gasteiger partial charge in [-0.05, 0) is 43.2 Å². The minimum absolute atomic E-state index is 0.109. The first-order valence-corrected chi connectivity index (χ1v) is 10.4. The van der Waals surface area contributed by atoms with Crippen molar-refractivity contribution in [3.8, 4) is 11.4 Å². The Labute approximate surface area is 188 Å². The van der Waals surface area contributed by atoms with Crippen molar-refractivity contribution < 1.29 is 18.9 Å². The molecule has 0 aliphatic carbocycles. The van der Waals surface area contributed by atoms with Crippen LogP contribution in [0.1, 0.15) is 36.8 Å². The molecule has 3 heterocycles. The minimum atomic E-state index is -1.19. The van der Waals surface area contributed by atoms with Gasteiger partial charge in [-0.2, -0.15) is 10.1 Å². The van der Waals surface area contributed by atoms with Gasteiger partial charge in [0.2, 0.25) is 11.7 Å². The van der Waals surface area contributed by atoms with E-state index in [0.29, 0.717) is 34.8 Å². The summed E-state index contributed by atoms with van der Waals surface area (Å²) < 4.78 is 5.45. The molecule has 10 nitrogen and oxygen atoms in total. The molecule has 2 aromatic carbocycles. The molecule has 1 aromatic heterocycles. The number of carbonyl (C=O) groups is 3. The van der Waals surface area contributed by atoms with Gasteiger partial charge in [-0.15, -0.1) is 0 Å². The van der Waals surface area contributed by atoms with Crippen LogP contribution in [0.4, 0.5) is 10.5 Å². The van der Waals surface area contributed by atoms with E-state index >= 15 is 0 Å². The topological polar surface area (TPSA) is 130 Å². The lowest BCUT2D eigenvalue weighted by Crippen LogP contribution is -2.40. The van der Waals surface area contributed by atoms with Gasteiger partial charge in [0.05, 0.1) is 5.69 Å². The van der Waals surface area contributed by atoms with Crippen molar-refractivity contribution in [2.24, 2.45) is 5.10 Å². The summed E-state index contributed by atoms with van der Waals surface area (Å²) >= 11 is 0. The fourth-order valence-corrected chi connectivity index (χ4v) is 3.84.